The van der Waals surface area contributed by atoms with Crippen LogP contribution in [0.2, 0.25) is 0 Å². The molecule has 3 heterocycles. The molecule has 4 rings (SSSR count). The molecule has 0 amide bonds. The minimum Gasteiger partial charge on any atom is -0.362 e. The Kier molecular flexibility index (Phi) is 2.48. The highest BCUT2D eigenvalue weighted by Gasteiger charge is 2.29. The van der Waals surface area contributed by atoms with Crippen LogP contribution in [0.5, 0.6) is 0 Å². The summed E-state index contributed by atoms with van der Waals surface area (Å²) in [6.45, 7) is 0.774. The Hall–Kier alpha value is -1.95. The van der Waals surface area contributed by atoms with Crippen LogP contribution in [0.1, 0.15) is 29.5 Å². The Morgan fingerprint density at radius 3 is 3.11 bits per heavy atom. The van der Waals surface area contributed by atoms with Crippen molar-refractivity contribution in [3.63, 3.8) is 0 Å². The van der Waals surface area contributed by atoms with Crippen molar-refractivity contribution in [3.8, 4) is 0 Å². The molecule has 96 valence electrons. The lowest BCUT2D eigenvalue weighted by atomic mass is 10.4. The molecular weight excluding hydrogens is 258 g/mol. The first kappa shape index (κ1) is 10.9. The summed E-state index contributed by atoms with van der Waals surface area (Å²) in [4.78, 5) is 5.65. The molecule has 1 aliphatic rings. The number of fused-ring (bicyclic) bond motifs is 1. The van der Waals surface area contributed by atoms with Crippen molar-refractivity contribution >= 4 is 22.8 Å². The monoisotopic (exact) mass is 271 g/mol. The second kappa shape index (κ2) is 4.31. The van der Waals surface area contributed by atoms with E-state index in [0.717, 1.165) is 23.8 Å². The van der Waals surface area contributed by atoms with Gasteiger partial charge in [-0.15, -0.1) is 21.5 Å². The van der Waals surface area contributed by atoms with Gasteiger partial charge in [0.1, 0.15) is 5.82 Å². The first-order valence-corrected chi connectivity index (χ1v) is 7.25. The molecule has 3 aromatic heterocycles. The van der Waals surface area contributed by atoms with Gasteiger partial charge in [0, 0.05) is 23.2 Å². The molecule has 0 aliphatic heterocycles. The molecule has 1 fully saturated rings. The second-order valence-electron chi connectivity index (χ2n) is 4.73. The first-order valence-electron chi connectivity index (χ1n) is 6.38. The summed E-state index contributed by atoms with van der Waals surface area (Å²) in [5, 5.41) is 14.0. The predicted octanol–water partition coefficient (Wildman–Crippen LogP) is 2.68. The Morgan fingerprint density at radius 2 is 2.32 bits per heavy atom. The SMILES string of the molecule is c1csc(CNc2nccn3c(C4CC4)nnc23)c1. The fraction of sp³-hybridized carbons (Fsp3) is 0.308. The molecule has 1 saturated carbocycles. The van der Waals surface area contributed by atoms with E-state index in [1.54, 1.807) is 17.5 Å². The van der Waals surface area contributed by atoms with Crippen LogP contribution in [-0.2, 0) is 6.54 Å². The molecule has 0 spiro atoms. The van der Waals surface area contributed by atoms with Crippen molar-refractivity contribution in [3.05, 3.63) is 40.6 Å². The fourth-order valence-corrected chi connectivity index (χ4v) is 2.82. The van der Waals surface area contributed by atoms with Crippen LogP contribution in [0.25, 0.3) is 5.65 Å². The van der Waals surface area contributed by atoms with Gasteiger partial charge in [0.05, 0.1) is 6.54 Å². The zero-order valence-corrected chi connectivity index (χ0v) is 11.1. The summed E-state index contributed by atoms with van der Waals surface area (Å²) < 4.78 is 2.06. The Morgan fingerprint density at radius 1 is 1.37 bits per heavy atom. The minimum absolute atomic E-state index is 0.586. The van der Waals surface area contributed by atoms with Gasteiger partial charge in [-0.05, 0) is 24.3 Å². The third kappa shape index (κ3) is 1.98. The maximum Gasteiger partial charge on any atom is 0.203 e. The van der Waals surface area contributed by atoms with Gasteiger partial charge >= 0.3 is 0 Å². The van der Waals surface area contributed by atoms with E-state index < -0.39 is 0 Å². The number of nitrogens with zero attached hydrogens (tertiary/aromatic N) is 4. The van der Waals surface area contributed by atoms with Gasteiger partial charge in [0.25, 0.3) is 0 Å². The molecule has 1 aliphatic carbocycles. The normalized spacial score (nSPS) is 14.9. The summed E-state index contributed by atoms with van der Waals surface area (Å²) in [7, 11) is 0. The maximum atomic E-state index is 4.37. The van der Waals surface area contributed by atoms with Gasteiger partial charge in [-0.25, -0.2) is 4.98 Å². The molecule has 0 saturated heterocycles. The van der Waals surface area contributed by atoms with Gasteiger partial charge in [-0.1, -0.05) is 6.07 Å². The van der Waals surface area contributed by atoms with E-state index in [9.17, 15) is 0 Å². The molecule has 5 nitrogen and oxygen atoms in total. The van der Waals surface area contributed by atoms with Crippen LogP contribution in [0.15, 0.2) is 29.9 Å². The molecular formula is C13H13N5S. The van der Waals surface area contributed by atoms with Crippen LogP contribution in [0.4, 0.5) is 5.82 Å². The van der Waals surface area contributed by atoms with Crippen LogP contribution in [0.3, 0.4) is 0 Å². The van der Waals surface area contributed by atoms with Crippen molar-refractivity contribution in [2.75, 3.05) is 5.32 Å². The van der Waals surface area contributed by atoms with E-state index in [2.05, 4.69) is 42.4 Å². The molecule has 3 aromatic rings. The van der Waals surface area contributed by atoms with E-state index in [1.165, 1.54) is 17.7 Å². The second-order valence-corrected chi connectivity index (χ2v) is 5.77. The lowest BCUT2D eigenvalue weighted by Gasteiger charge is -2.05. The summed E-state index contributed by atoms with van der Waals surface area (Å²) in [5.74, 6) is 2.45. The Bertz CT molecular complexity index is 699. The number of hydrogen-bond acceptors (Lipinski definition) is 5. The zero-order chi connectivity index (χ0) is 12.7. The Labute approximate surface area is 114 Å². The molecule has 19 heavy (non-hydrogen) atoms. The Balaban J connectivity index is 1.66. The van der Waals surface area contributed by atoms with Gasteiger partial charge in [0.15, 0.2) is 5.82 Å². The third-order valence-electron chi connectivity index (χ3n) is 3.31. The lowest BCUT2D eigenvalue weighted by Crippen LogP contribution is -2.03. The van der Waals surface area contributed by atoms with E-state index >= 15 is 0 Å². The molecule has 1 N–H and O–H groups in total. The van der Waals surface area contributed by atoms with Crippen molar-refractivity contribution < 1.29 is 0 Å². The van der Waals surface area contributed by atoms with Gasteiger partial charge < -0.3 is 5.32 Å². The smallest absolute Gasteiger partial charge is 0.203 e. The van der Waals surface area contributed by atoms with Crippen molar-refractivity contribution in [1.82, 2.24) is 19.6 Å². The van der Waals surface area contributed by atoms with E-state index in [0.29, 0.717) is 5.92 Å². The number of rotatable bonds is 4. The number of aromatic nitrogens is 4. The fourth-order valence-electron chi connectivity index (χ4n) is 2.17. The summed E-state index contributed by atoms with van der Waals surface area (Å²) >= 11 is 1.73. The zero-order valence-electron chi connectivity index (χ0n) is 10.3. The van der Waals surface area contributed by atoms with Crippen LogP contribution < -0.4 is 5.32 Å². The van der Waals surface area contributed by atoms with Crippen molar-refractivity contribution in [2.45, 2.75) is 25.3 Å². The number of thiophene rings is 1. The third-order valence-corrected chi connectivity index (χ3v) is 4.18. The van der Waals surface area contributed by atoms with Crippen LogP contribution >= 0.6 is 11.3 Å². The van der Waals surface area contributed by atoms with E-state index in [4.69, 9.17) is 0 Å². The van der Waals surface area contributed by atoms with Gasteiger partial charge in [-0.2, -0.15) is 0 Å². The highest BCUT2D eigenvalue weighted by atomic mass is 32.1. The van der Waals surface area contributed by atoms with Crippen LogP contribution in [0, 0.1) is 0 Å². The number of hydrogen-bond donors (Lipinski definition) is 1. The average molecular weight is 271 g/mol. The topological polar surface area (TPSA) is 55.1 Å². The van der Waals surface area contributed by atoms with E-state index in [-0.39, 0.29) is 0 Å². The van der Waals surface area contributed by atoms with Gasteiger partial charge in [-0.3, -0.25) is 4.40 Å². The predicted molar refractivity (Wildman–Crippen MR) is 74.4 cm³/mol. The molecule has 0 aromatic carbocycles. The molecule has 0 bridgehead atoms. The largest absolute Gasteiger partial charge is 0.362 e. The molecule has 6 heteroatoms. The molecule has 0 radical (unpaired) electrons. The minimum atomic E-state index is 0.586. The molecule has 0 atom stereocenters. The van der Waals surface area contributed by atoms with Crippen LogP contribution in [-0.4, -0.2) is 19.6 Å². The number of anilines is 1. The standard InChI is InChI=1S/C13H13N5S/c1-2-10(19-7-1)8-15-11-13-17-16-12(9-3-4-9)18(13)6-5-14-11/h1-2,5-7,9H,3-4,8H2,(H,14,15). The number of nitrogens with one attached hydrogen (secondary N) is 1. The van der Waals surface area contributed by atoms with Crippen molar-refractivity contribution in [2.24, 2.45) is 0 Å². The quantitative estimate of drug-likeness (QED) is 0.792. The highest BCUT2D eigenvalue weighted by molar-refractivity contribution is 7.09. The van der Waals surface area contributed by atoms with Gasteiger partial charge in [0.2, 0.25) is 5.65 Å². The first-order chi connectivity index (χ1) is 9.42. The highest BCUT2D eigenvalue weighted by Crippen LogP contribution is 2.39. The summed E-state index contributed by atoms with van der Waals surface area (Å²) in [6, 6.07) is 4.16. The lowest BCUT2D eigenvalue weighted by molar-refractivity contribution is 0.894. The maximum absolute atomic E-state index is 4.37. The summed E-state index contributed by atoms with van der Waals surface area (Å²) in [6.07, 6.45) is 6.19. The van der Waals surface area contributed by atoms with E-state index in [1.807, 2.05) is 6.20 Å². The van der Waals surface area contributed by atoms with Crippen molar-refractivity contribution in [1.29, 1.82) is 0 Å². The molecule has 0 unspecified atom stereocenters. The average Bonchev–Trinajstić information content (AvgIpc) is 2.99. The summed E-state index contributed by atoms with van der Waals surface area (Å²) in [5.41, 5.74) is 0.820.